The van der Waals surface area contributed by atoms with Crippen LogP contribution in [0, 0.1) is 11.7 Å². The van der Waals surface area contributed by atoms with Crippen molar-refractivity contribution >= 4 is 33.8 Å². The lowest BCUT2D eigenvalue weighted by Crippen LogP contribution is -2.34. The summed E-state index contributed by atoms with van der Waals surface area (Å²) in [6.07, 6.45) is 1.67. The first-order valence-corrected chi connectivity index (χ1v) is 9.65. The summed E-state index contributed by atoms with van der Waals surface area (Å²) in [6.45, 7) is 6.79. The summed E-state index contributed by atoms with van der Waals surface area (Å²) >= 11 is 7.09. The second-order valence-electron chi connectivity index (χ2n) is 6.83. The standard InChI is InChI=1S/C19H20N2O2S2/c1-4-19(3)9-12-14(10-23-19)25-16-15(12)17(22)21(18(24)20-16)13-8-6-5-7-11(13)2/h5-8H,4,9-10H2,1-3H3,(H,20,24). The number of rotatable bonds is 2. The van der Waals surface area contributed by atoms with Crippen molar-refractivity contribution in [3.8, 4) is 5.69 Å². The number of para-hydroxylation sites is 1. The van der Waals surface area contributed by atoms with Crippen molar-refractivity contribution in [1.29, 1.82) is 0 Å². The normalized spacial score (nSPS) is 20.0. The molecule has 1 aliphatic heterocycles. The Hall–Kier alpha value is -1.76. The van der Waals surface area contributed by atoms with Gasteiger partial charge in [0.1, 0.15) is 4.83 Å². The molecule has 130 valence electrons. The van der Waals surface area contributed by atoms with Crippen LogP contribution in [0.5, 0.6) is 0 Å². The molecular formula is C19H20N2O2S2. The van der Waals surface area contributed by atoms with E-state index in [1.807, 2.05) is 31.2 Å². The Morgan fingerprint density at radius 3 is 2.88 bits per heavy atom. The second-order valence-corrected chi connectivity index (χ2v) is 8.33. The number of benzene rings is 1. The molecule has 1 atom stereocenters. The van der Waals surface area contributed by atoms with Crippen LogP contribution < -0.4 is 5.56 Å². The molecule has 0 saturated carbocycles. The van der Waals surface area contributed by atoms with Crippen molar-refractivity contribution in [3.63, 3.8) is 0 Å². The molecule has 3 heterocycles. The molecular weight excluding hydrogens is 352 g/mol. The van der Waals surface area contributed by atoms with Crippen molar-refractivity contribution in [2.24, 2.45) is 0 Å². The largest absolute Gasteiger partial charge is 0.369 e. The number of aromatic nitrogens is 2. The predicted octanol–water partition coefficient (Wildman–Crippen LogP) is 4.66. The molecule has 1 aliphatic rings. The highest BCUT2D eigenvalue weighted by Gasteiger charge is 2.33. The number of fused-ring (bicyclic) bond motifs is 3. The van der Waals surface area contributed by atoms with Crippen molar-refractivity contribution in [2.45, 2.75) is 45.8 Å². The van der Waals surface area contributed by atoms with Gasteiger partial charge < -0.3 is 9.72 Å². The molecule has 25 heavy (non-hydrogen) atoms. The third-order valence-electron chi connectivity index (χ3n) is 5.14. The molecule has 0 amide bonds. The van der Waals surface area contributed by atoms with E-state index in [2.05, 4.69) is 18.8 Å². The van der Waals surface area contributed by atoms with Crippen LogP contribution in [-0.4, -0.2) is 15.2 Å². The van der Waals surface area contributed by atoms with Gasteiger partial charge in [-0.3, -0.25) is 9.36 Å². The average molecular weight is 373 g/mol. The van der Waals surface area contributed by atoms with Crippen LogP contribution in [0.4, 0.5) is 0 Å². The van der Waals surface area contributed by atoms with Gasteiger partial charge in [-0.25, -0.2) is 0 Å². The lowest BCUT2D eigenvalue weighted by atomic mass is 9.90. The monoisotopic (exact) mass is 372 g/mol. The Bertz CT molecular complexity index is 1090. The van der Waals surface area contributed by atoms with E-state index < -0.39 is 0 Å². The first-order valence-electron chi connectivity index (χ1n) is 8.43. The number of aromatic amines is 1. The van der Waals surface area contributed by atoms with Crippen LogP contribution >= 0.6 is 23.6 Å². The molecule has 1 N–H and O–H groups in total. The maximum absolute atomic E-state index is 13.4. The predicted molar refractivity (Wildman–Crippen MR) is 105 cm³/mol. The molecule has 0 saturated heterocycles. The van der Waals surface area contributed by atoms with Gasteiger partial charge in [0.15, 0.2) is 4.77 Å². The Kier molecular flexibility index (Phi) is 3.94. The number of nitrogens with one attached hydrogen (secondary N) is 1. The number of aryl methyl sites for hydroxylation is 1. The summed E-state index contributed by atoms with van der Waals surface area (Å²) in [6, 6.07) is 7.82. The summed E-state index contributed by atoms with van der Waals surface area (Å²) in [5, 5.41) is 0.764. The molecule has 3 aromatic rings. The van der Waals surface area contributed by atoms with E-state index in [0.29, 0.717) is 11.4 Å². The second kappa shape index (κ2) is 5.90. The zero-order valence-corrected chi connectivity index (χ0v) is 16.1. The van der Waals surface area contributed by atoms with Gasteiger partial charge in [-0.15, -0.1) is 11.3 Å². The lowest BCUT2D eigenvalue weighted by Gasteiger charge is -2.32. The van der Waals surface area contributed by atoms with Gasteiger partial charge >= 0.3 is 0 Å². The van der Waals surface area contributed by atoms with Crippen molar-refractivity contribution < 1.29 is 4.74 Å². The minimum atomic E-state index is -0.215. The highest BCUT2D eigenvalue weighted by atomic mass is 32.1. The number of ether oxygens (including phenoxy) is 1. The minimum Gasteiger partial charge on any atom is -0.369 e. The summed E-state index contributed by atoms with van der Waals surface area (Å²) in [5.74, 6) is 0. The molecule has 0 radical (unpaired) electrons. The van der Waals surface area contributed by atoms with Gasteiger partial charge in [0.25, 0.3) is 5.56 Å². The first-order chi connectivity index (χ1) is 11.9. The van der Waals surface area contributed by atoms with E-state index in [-0.39, 0.29) is 11.2 Å². The third kappa shape index (κ3) is 2.60. The number of thiophene rings is 1. The maximum atomic E-state index is 13.4. The van der Waals surface area contributed by atoms with Crippen LogP contribution in [0.15, 0.2) is 29.1 Å². The fourth-order valence-corrected chi connectivity index (χ4v) is 4.88. The zero-order valence-electron chi connectivity index (χ0n) is 14.5. The summed E-state index contributed by atoms with van der Waals surface area (Å²) in [5.41, 5.74) is 2.73. The summed E-state index contributed by atoms with van der Waals surface area (Å²) < 4.78 is 8.09. The van der Waals surface area contributed by atoms with Gasteiger partial charge in [0, 0.05) is 11.3 Å². The van der Waals surface area contributed by atoms with E-state index in [0.717, 1.165) is 44.7 Å². The zero-order chi connectivity index (χ0) is 17.8. The van der Waals surface area contributed by atoms with E-state index in [4.69, 9.17) is 17.0 Å². The Morgan fingerprint density at radius 1 is 1.40 bits per heavy atom. The van der Waals surface area contributed by atoms with Crippen molar-refractivity contribution in [1.82, 2.24) is 9.55 Å². The van der Waals surface area contributed by atoms with E-state index in [9.17, 15) is 4.79 Å². The lowest BCUT2D eigenvalue weighted by molar-refractivity contribution is -0.0543. The van der Waals surface area contributed by atoms with Crippen molar-refractivity contribution in [2.75, 3.05) is 0 Å². The summed E-state index contributed by atoms with van der Waals surface area (Å²) in [7, 11) is 0. The van der Waals surface area contributed by atoms with E-state index >= 15 is 0 Å². The number of hydrogen-bond acceptors (Lipinski definition) is 4. The molecule has 0 aliphatic carbocycles. The molecule has 0 fully saturated rings. The topological polar surface area (TPSA) is 47.0 Å². The molecule has 4 rings (SSSR count). The van der Waals surface area contributed by atoms with Crippen LogP contribution in [0.2, 0.25) is 0 Å². The molecule has 4 nitrogen and oxygen atoms in total. The highest BCUT2D eigenvalue weighted by Crippen LogP contribution is 2.38. The summed E-state index contributed by atoms with van der Waals surface area (Å²) in [4.78, 5) is 18.6. The molecule has 1 unspecified atom stereocenters. The number of hydrogen-bond donors (Lipinski definition) is 1. The van der Waals surface area contributed by atoms with Gasteiger partial charge in [-0.05, 0) is 49.7 Å². The molecule has 6 heteroatoms. The average Bonchev–Trinajstić information content (AvgIpc) is 2.93. The van der Waals surface area contributed by atoms with Gasteiger partial charge in [-0.2, -0.15) is 0 Å². The Morgan fingerprint density at radius 2 is 2.16 bits per heavy atom. The quantitative estimate of drug-likeness (QED) is 0.666. The fraction of sp³-hybridized carbons (Fsp3) is 0.368. The van der Waals surface area contributed by atoms with Crippen LogP contribution in [0.1, 0.15) is 36.3 Å². The number of H-pyrrole nitrogens is 1. The molecule has 0 spiro atoms. The smallest absolute Gasteiger partial charge is 0.267 e. The van der Waals surface area contributed by atoms with Crippen LogP contribution in [0.25, 0.3) is 15.9 Å². The maximum Gasteiger partial charge on any atom is 0.267 e. The SMILES string of the molecule is CCC1(C)Cc2c(sc3[nH]c(=S)n(-c4ccccc4C)c(=O)c23)CO1. The fourth-order valence-electron chi connectivity index (χ4n) is 3.41. The van der Waals surface area contributed by atoms with Crippen LogP contribution in [-0.2, 0) is 17.8 Å². The number of nitrogens with zero attached hydrogens (tertiary/aromatic N) is 1. The first kappa shape index (κ1) is 16.7. The molecule has 1 aromatic carbocycles. The van der Waals surface area contributed by atoms with Crippen molar-refractivity contribution in [3.05, 3.63) is 55.4 Å². The van der Waals surface area contributed by atoms with Gasteiger partial charge in [0.05, 0.1) is 23.3 Å². The van der Waals surface area contributed by atoms with Gasteiger partial charge in [-0.1, -0.05) is 25.1 Å². The van der Waals surface area contributed by atoms with Gasteiger partial charge in [0.2, 0.25) is 0 Å². The molecule has 0 bridgehead atoms. The van der Waals surface area contributed by atoms with E-state index in [1.165, 1.54) is 0 Å². The van der Waals surface area contributed by atoms with E-state index in [1.54, 1.807) is 15.9 Å². The van der Waals surface area contributed by atoms with Crippen LogP contribution in [0.3, 0.4) is 0 Å². The highest BCUT2D eigenvalue weighted by molar-refractivity contribution is 7.71. The third-order valence-corrected chi connectivity index (χ3v) is 6.54. The Labute approximate surface area is 155 Å². The molecule has 2 aromatic heterocycles. The Balaban J connectivity index is 2.03. The minimum absolute atomic E-state index is 0.0362.